The Morgan fingerprint density at radius 2 is 1.75 bits per heavy atom. The number of hydrogen-bond acceptors (Lipinski definition) is 3. The number of nitrogens with two attached hydrogens (primary N) is 1. The van der Waals surface area contributed by atoms with Gasteiger partial charge in [0.15, 0.2) is 0 Å². The van der Waals surface area contributed by atoms with Crippen molar-refractivity contribution >= 4 is 17.1 Å². The van der Waals surface area contributed by atoms with Gasteiger partial charge in [0.2, 0.25) is 0 Å². The molecule has 0 aliphatic carbocycles. The highest BCUT2D eigenvalue weighted by atomic mass is 16.5. The molecule has 0 saturated carbocycles. The van der Waals surface area contributed by atoms with Gasteiger partial charge in [-0.05, 0) is 37.6 Å². The van der Waals surface area contributed by atoms with Gasteiger partial charge in [0, 0.05) is 12.2 Å². The normalized spacial score (nSPS) is 10.3. The molecule has 2 rings (SSSR count). The van der Waals surface area contributed by atoms with E-state index in [1.807, 2.05) is 36.4 Å². The Morgan fingerprint density at radius 1 is 1.00 bits per heavy atom. The number of hydrogen-bond donors (Lipinski definition) is 1. The SMILES string of the molecule is CCCOc1cccc(N(CC)c2ccccc2)c1N. The average Bonchev–Trinajstić information content (AvgIpc) is 2.49. The predicted octanol–water partition coefficient (Wildman–Crippen LogP) is 4.22. The van der Waals surface area contributed by atoms with Gasteiger partial charge in [-0.25, -0.2) is 0 Å². The lowest BCUT2D eigenvalue weighted by Crippen LogP contribution is -2.17. The highest BCUT2D eigenvalue weighted by Gasteiger charge is 2.13. The van der Waals surface area contributed by atoms with Crippen molar-refractivity contribution in [1.29, 1.82) is 0 Å². The first-order valence-electron chi connectivity index (χ1n) is 7.11. The van der Waals surface area contributed by atoms with Crippen molar-refractivity contribution in [2.24, 2.45) is 0 Å². The summed E-state index contributed by atoms with van der Waals surface area (Å²) in [4.78, 5) is 2.19. The van der Waals surface area contributed by atoms with Crippen molar-refractivity contribution in [3.8, 4) is 5.75 Å². The maximum Gasteiger partial charge on any atom is 0.144 e. The van der Waals surface area contributed by atoms with Crippen molar-refractivity contribution < 1.29 is 4.74 Å². The summed E-state index contributed by atoms with van der Waals surface area (Å²) in [5.41, 5.74) is 9.10. The number of benzene rings is 2. The van der Waals surface area contributed by atoms with Gasteiger partial charge in [0.05, 0.1) is 18.0 Å². The van der Waals surface area contributed by atoms with Gasteiger partial charge in [-0.3, -0.25) is 0 Å². The molecule has 0 amide bonds. The minimum absolute atomic E-state index is 0.686. The Morgan fingerprint density at radius 3 is 2.40 bits per heavy atom. The fraction of sp³-hybridized carbons (Fsp3) is 0.294. The number of nitrogen functional groups attached to an aromatic ring is 1. The summed E-state index contributed by atoms with van der Waals surface area (Å²) in [6.45, 7) is 5.74. The smallest absolute Gasteiger partial charge is 0.144 e. The molecule has 0 heterocycles. The summed E-state index contributed by atoms with van der Waals surface area (Å²) in [7, 11) is 0. The van der Waals surface area contributed by atoms with Crippen molar-refractivity contribution in [3.05, 3.63) is 48.5 Å². The molecular weight excluding hydrogens is 248 g/mol. The molecule has 2 aromatic carbocycles. The molecule has 3 heteroatoms. The predicted molar refractivity (Wildman–Crippen MR) is 85.8 cm³/mol. The second-order valence-corrected chi connectivity index (χ2v) is 4.62. The highest BCUT2D eigenvalue weighted by molar-refractivity contribution is 5.79. The van der Waals surface area contributed by atoms with Crippen LogP contribution in [0.3, 0.4) is 0 Å². The first-order valence-corrected chi connectivity index (χ1v) is 7.11. The minimum atomic E-state index is 0.686. The van der Waals surface area contributed by atoms with Crippen molar-refractivity contribution in [1.82, 2.24) is 0 Å². The zero-order valence-corrected chi connectivity index (χ0v) is 12.2. The summed E-state index contributed by atoms with van der Waals surface area (Å²) in [6.07, 6.45) is 0.972. The second kappa shape index (κ2) is 6.85. The molecule has 0 saturated heterocycles. The molecule has 2 aromatic rings. The van der Waals surface area contributed by atoms with Crippen LogP contribution >= 0.6 is 0 Å². The van der Waals surface area contributed by atoms with Crippen LogP contribution in [0, 0.1) is 0 Å². The number of nitrogens with zero attached hydrogens (tertiary/aromatic N) is 1. The van der Waals surface area contributed by atoms with E-state index in [1.165, 1.54) is 0 Å². The molecule has 0 unspecified atom stereocenters. The van der Waals surface area contributed by atoms with Crippen molar-refractivity contribution in [2.75, 3.05) is 23.8 Å². The first kappa shape index (κ1) is 14.3. The van der Waals surface area contributed by atoms with Crippen molar-refractivity contribution in [3.63, 3.8) is 0 Å². The number of anilines is 3. The van der Waals surface area contributed by atoms with Gasteiger partial charge in [-0.2, -0.15) is 0 Å². The van der Waals surface area contributed by atoms with Crippen LogP contribution in [0.15, 0.2) is 48.5 Å². The molecule has 0 aromatic heterocycles. The molecule has 20 heavy (non-hydrogen) atoms. The highest BCUT2D eigenvalue weighted by Crippen LogP contribution is 2.36. The topological polar surface area (TPSA) is 38.5 Å². The van der Waals surface area contributed by atoms with E-state index in [-0.39, 0.29) is 0 Å². The fourth-order valence-corrected chi connectivity index (χ4v) is 2.21. The standard InChI is InChI=1S/C17H22N2O/c1-3-13-20-16-12-8-11-15(17(16)18)19(4-2)14-9-6-5-7-10-14/h5-12H,3-4,13,18H2,1-2H3. The van der Waals surface area contributed by atoms with Gasteiger partial charge in [-0.1, -0.05) is 31.2 Å². The monoisotopic (exact) mass is 270 g/mol. The van der Waals surface area contributed by atoms with E-state index in [4.69, 9.17) is 10.5 Å². The maximum absolute atomic E-state index is 6.27. The summed E-state index contributed by atoms with van der Waals surface area (Å²) in [5, 5.41) is 0. The van der Waals surface area contributed by atoms with E-state index >= 15 is 0 Å². The number of para-hydroxylation sites is 2. The Bertz CT molecular complexity index is 540. The molecule has 0 spiro atoms. The van der Waals surface area contributed by atoms with E-state index < -0.39 is 0 Å². The van der Waals surface area contributed by atoms with Crippen LogP contribution < -0.4 is 15.4 Å². The van der Waals surface area contributed by atoms with Gasteiger partial charge in [-0.15, -0.1) is 0 Å². The molecular formula is C17H22N2O. The fourth-order valence-electron chi connectivity index (χ4n) is 2.21. The lowest BCUT2D eigenvalue weighted by Gasteiger charge is -2.25. The Balaban J connectivity index is 2.35. The average molecular weight is 270 g/mol. The Labute approximate surface area is 121 Å². The minimum Gasteiger partial charge on any atom is -0.491 e. The largest absolute Gasteiger partial charge is 0.491 e. The second-order valence-electron chi connectivity index (χ2n) is 4.62. The lowest BCUT2D eigenvalue weighted by atomic mass is 10.2. The van der Waals surface area contributed by atoms with E-state index in [0.717, 1.165) is 30.1 Å². The van der Waals surface area contributed by atoms with E-state index in [2.05, 4.69) is 30.9 Å². The molecule has 106 valence electrons. The maximum atomic E-state index is 6.27. The molecule has 2 N–H and O–H groups in total. The van der Waals surface area contributed by atoms with Crippen LogP contribution in [0.4, 0.5) is 17.1 Å². The molecule has 0 atom stereocenters. The summed E-state index contributed by atoms with van der Waals surface area (Å²) < 4.78 is 5.71. The van der Waals surface area contributed by atoms with E-state index in [1.54, 1.807) is 0 Å². The molecule has 0 aliphatic rings. The van der Waals surface area contributed by atoms with E-state index in [0.29, 0.717) is 12.3 Å². The molecule has 0 radical (unpaired) electrons. The van der Waals surface area contributed by atoms with Crippen LogP contribution in [0.2, 0.25) is 0 Å². The zero-order valence-electron chi connectivity index (χ0n) is 12.2. The third kappa shape index (κ3) is 3.05. The third-order valence-corrected chi connectivity index (χ3v) is 3.18. The third-order valence-electron chi connectivity index (χ3n) is 3.18. The molecule has 0 fully saturated rings. The molecule has 0 bridgehead atoms. The first-order chi connectivity index (χ1) is 9.77. The van der Waals surface area contributed by atoms with Crippen LogP contribution in [0.1, 0.15) is 20.3 Å². The number of rotatable bonds is 6. The summed E-state index contributed by atoms with van der Waals surface area (Å²) in [5.74, 6) is 0.763. The van der Waals surface area contributed by atoms with Gasteiger partial charge in [0.1, 0.15) is 5.75 Å². The zero-order chi connectivity index (χ0) is 14.4. The van der Waals surface area contributed by atoms with Crippen molar-refractivity contribution in [2.45, 2.75) is 20.3 Å². The van der Waals surface area contributed by atoms with Gasteiger partial charge >= 0.3 is 0 Å². The summed E-state index contributed by atoms with van der Waals surface area (Å²) >= 11 is 0. The Kier molecular flexibility index (Phi) is 4.88. The number of ether oxygens (including phenoxy) is 1. The van der Waals surface area contributed by atoms with Crippen LogP contribution in [0.25, 0.3) is 0 Å². The quantitative estimate of drug-likeness (QED) is 0.799. The van der Waals surface area contributed by atoms with Gasteiger partial charge in [0.25, 0.3) is 0 Å². The summed E-state index contributed by atoms with van der Waals surface area (Å²) in [6, 6.07) is 16.2. The Hall–Kier alpha value is -2.16. The molecule has 3 nitrogen and oxygen atoms in total. The van der Waals surface area contributed by atoms with Gasteiger partial charge < -0.3 is 15.4 Å². The van der Waals surface area contributed by atoms with Crippen LogP contribution in [0.5, 0.6) is 5.75 Å². The van der Waals surface area contributed by atoms with Crippen LogP contribution in [-0.2, 0) is 0 Å². The van der Waals surface area contributed by atoms with E-state index in [9.17, 15) is 0 Å². The van der Waals surface area contributed by atoms with Crippen LogP contribution in [-0.4, -0.2) is 13.2 Å². The molecule has 0 aliphatic heterocycles. The lowest BCUT2D eigenvalue weighted by molar-refractivity contribution is 0.319.